The van der Waals surface area contributed by atoms with Gasteiger partial charge in [-0.1, -0.05) is 12.1 Å². The first-order chi connectivity index (χ1) is 9.48. The van der Waals surface area contributed by atoms with Crippen molar-refractivity contribution in [2.75, 3.05) is 19.8 Å². The summed E-state index contributed by atoms with van der Waals surface area (Å²) >= 11 is 0. The average Bonchev–Trinajstić information content (AvgIpc) is 2.41. The van der Waals surface area contributed by atoms with E-state index in [-0.39, 0.29) is 5.75 Å². The highest BCUT2D eigenvalue weighted by molar-refractivity contribution is 5.85. The minimum Gasteiger partial charge on any atom is -0.492 e. The van der Waals surface area contributed by atoms with E-state index in [0.29, 0.717) is 18.9 Å². The lowest BCUT2D eigenvalue weighted by atomic mass is 10.1. The zero-order chi connectivity index (χ0) is 14.6. The molecule has 0 amide bonds. The van der Waals surface area contributed by atoms with Gasteiger partial charge in [0.2, 0.25) is 0 Å². The molecule has 0 aromatic heterocycles. The molecule has 0 aliphatic carbocycles. The molecular formula is C14H14F3NO2. The van der Waals surface area contributed by atoms with E-state index in [0.717, 1.165) is 10.8 Å². The van der Waals surface area contributed by atoms with Gasteiger partial charge in [-0.3, -0.25) is 0 Å². The van der Waals surface area contributed by atoms with Crippen LogP contribution in [-0.2, 0) is 0 Å². The maximum atomic E-state index is 12.1. The van der Waals surface area contributed by atoms with Crippen LogP contribution in [0, 0.1) is 0 Å². The van der Waals surface area contributed by atoms with Crippen LogP contribution in [0.2, 0.25) is 0 Å². The summed E-state index contributed by atoms with van der Waals surface area (Å²) in [5, 5.41) is 1.64. The second-order valence-electron chi connectivity index (χ2n) is 4.21. The Labute approximate surface area is 114 Å². The fraction of sp³-hybridized carbons (Fsp3) is 0.286. The molecule has 2 rings (SSSR count). The predicted molar refractivity (Wildman–Crippen MR) is 70.0 cm³/mol. The van der Waals surface area contributed by atoms with Gasteiger partial charge in [-0.25, -0.2) is 0 Å². The Morgan fingerprint density at radius 3 is 1.95 bits per heavy atom. The second kappa shape index (κ2) is 6.00. The van der Waals surface area contributed by atoms with Crippen molar-refractivity contribution in [1.82, 2.24) is 0 Å². The zero-order valence-electron chi connectivity index (χ0n) is 10.6. The molecule has 0 bridgehead atoms. The maximum Gasteiger partial charge on any atom is 0.422 e. The van der Waals surface area contributed by atoms with E-state index >= 15 is 0 Å². The monoisotopic (exact) mass is 285 g/mol. The third-order valence-electron chi connectivity index (χ3n) is 2.57. The highest BCUT2D eigenvalue weighted by atomic mass is 19.4. The minimum absolute atomic E-state index is 0.186. The van der Waals surface area contributed by atoms with Crippen molar-refractivity contribution in [2.45, 2.75) is 6.18 Å². The van der Waals surface area contributed by atoms with Gasteiger partial charge in [0.1, 0.15) is 18.1 Å². The summed E-state index contributed by atoms with van der Waals surface area (Å²) in [5.41, 5.74) is 5.34. The van der Waals surface area contributed by atoms with Gasteiger partial charge in [-0.15, -0.1) is 0 Å². The van der Waals surface area contributed by atoms with E-state index in [9.17, 15) is 13.2 Å². The van der Waals surface area contributed by atoms with E-state index in [1.807, 2.05) is 0 Å². The summed E-state index contributed by atoms with van der Waals surface area (Å²) in [6.45, 7) is -0.462. The summed E-state index contributed by atoms with van der Waals surface area (Å²) in [7, 11) is 0. The van der Waals surface area contributed by atoms with Crippen LogP contribution in [0.25, 0.3) is 10.8 Å². The molecule has 6 heteroatoms. The molecule has 0 aliphatic rings. The number of nitrogens with two attached hydrogens (primary N) is 1. The normalized spacial score (nSPS) is 11.6. The highest BCUT2D eigenvalue weighted by Gasteiger charge is 2.28. The lowest BCUT2D eigenvalue weighted by molar-refractivity contribution is -0.153. The Hall–Kier alpha value is -1.95. The Kier molecular flexibility index (Phi) is 4.34. The molecule has 0 heterocycles. The van der Waals surface area contributed by atoms with Crippen LogP contribution >= 0.6 is 0 Å². The minimum atomic E-state index is -4.34. The molecule has 20 heavy (non-hydrogen) atoms. The topological polar surface area (TPSA) is 44.5 Å². The molecular weight excluding hydrogens is 271 g/mol. The van der Waals surface area contributed by atoms with E-state index in [1.165, 1.54) is 6.07 Å². The van der Waals surface area contributed by atoms with Crippen molar-refractivity contribution >= 4 is 10.8 Å². The maximum absolute atomic E-state index is 12.1. The molecule has 2 aromatic carbocycles. The predicted octanol–water partition coefficient (Wildman–Crippen LogP) is 3.12. The van der Waals surface area contributed by atoms with Crippen LogP contribution in [-0.4, -0.2) is 25.9 Å². The van der Waals surface area contributed by atoms with Crippen molar-refractivity contribution in [3.63, 3.8) is 0 Å². The van der Waals surface area contributed by atoms with Crippen molar-refractivity contribution in [2.24, 2.45) is 5.73 Å². The number of fused-ring (bicyclic) bond motifs is 1. The fourth-order valence-corrected chi connectivity index (χ4v) is 1.72. The van der Waals surface area contributed by atoms with Gasteiger partial charge in [0, 0.05) is 6.54 Å². The Morgan fingerprint density at radius 2 is 1.45 bits per heavy atom. The van der Waals surface area contributed by atoms with Crippen LogP contribution in [0.15, 0.2) is 36.4 Å². The summed E-state index contributed by atoms with van der Waals surface area (Å²) < 4.78 is 46.3. The van der Waals surface area contributed by atoms with Gasteiger partial charge >= 0.3 is 6.18 Å². The molecule has 2 aromatic rings. The Morgan fingerprint density at radius 1 is 0.900 bits per heavy atom. The highest BCUT2D eigenvalue weighted by Crippen LogP contribution is 2.26. The SMILES string of the molecule is NCCOc1ccc2cc(OCC(F)(F)F)ccc2c1. The Bertz CT molecular complexity index is 584. The number of hydrogen-bond donors (Lipinski definition) is 1. The van der Waals surface area contributed by atoms with Gasteiger partial charge in [0.15, 0.2) is 6.61 Å². The molecule has 0 fully saturated rings. The number of alkyl halides is 3. The van der Waals surface area contributed by atoms with Gasteiger partial charge < -0.3 is 15.2 Å². The second-order valence-corrected chi connectivity index (χ2v) is 4.21. The van der Waals surface area contributed by atoms with Crippen LogP contribution in [0.4, 0.5) is 13.2 Å². The quantitative estimate of drug-likeness (QED) is 0.918. The number of hydrogen-bond acceptors (Lipinski definition) is 3. The first-order valence-corrected chi connectivity index (χ1v) is 6.04. The number of rotatable bonds is 5. The van der Waals surface area contributed by atoms with Gasteiger partial charge in [0.25, 0.3) is 0 Å². The lowest BCUT2D eigenvalue weighted by Crippen LogP contribution is -2.19. The van der Waals surface area contributed by atoms with Crippen LogP contribution in [0.3, 0.4) is 0 Å². The third-order valence-corrected chi connectivity index (χ3v) is 2.57. The van der Waals surface area contributed by atoms with Crippen molar-refractivity contribution in [1.29, 1.82) is 0 Å². The summed E-state index contributed by atoms with van der Waals surface area (Å²) in [4.78, 5) is 0. The average molecular weight is 285 g/mol. The molecule has 0 saturated carbocycles. The fourth-order valence-electron chi connectivity index (χ4n) is 1.72. The number of halogens is 3. The lowest BCUT2D eigenvalue weighted by Gasteiger charge is -2.10. The largest absolute Gasteiger partial charge is 0.492 e. The molecule has 0 radical (unpaired) electrons. The van der Waals surface area contributed by atoms with Crippen LogP contribution in [0.5, 0.6) is 11.5 Å². The first kappa shape index (κ1) is 14.5. The summed E-state index contributed by atoms with van der Waals surface area (Å²) in [6, 6.07) is 10.1. The molecule has 2 N–H and O–H groups in total. The molecule has 0 saturated heterocycles. The summed E-state index contributed by atoms with van der Waals surface area (Å²) in [5.74, 6) is 0.859. The first-order valence-electron chi connectivity index (χ1n) is 6.04. The van der Waals surface area contributed by atoms with Crippen molar-refractivity contribution in [3.05, 3.63) is 36.4 Å². The van der Waals surface area contributed by atoms with Crippen LogP contribution in [0.1, 0.15) is 0 Å². The summed E-state index contributed by atoms with van der Waals surface area (Å²) in [6.07, 6.45) is -4.34. The van der Waals surface area contributed by atoms with Crippen LogP contribution < -0.4 is 15.2 Å². The molecule has 0 aliphatic heterocycles. The standard InChI is InChI=1S/C14H14F3NO2/c15-14(16,17)9-20-13-4-2-10-7-12(19-6-5-18)3-1-11(10)8-13/h1-4,7-8H,5-6,9,18H2. The van der Waals surface area contributed by atoms with E-state index < -0.39 is 12.8 Å². The number of benzene rings is 2. The number of ether oxygens (including phenoxy) is 2. The van der Waals surface area contributed by atoms with E-state index in [4.69, 9.17) is 15.2 Å². The zero-order valence-corrected chi connectivity index (χ0v) is 10.6. The molecule has 0 atom stereocenters. The molecule has 108 valence electrons. The third kappa shape index (κ3) is 4.03. The van der Waals surface area contributed by atoms with E-state index in [2.05, 4.69) is 0 Å². The van der Waals surface area contributed by atoms with Crippen molar-refractivity contribution in [3.8, 4) is 11.5 Å². The van der Waals surface area contributed by atoms with Gasteiger partial charge in [-0.2, -0.15) is 13.2 Å². The van der Waals surface area contributed by atoms with Gasteiger partial charge in [-0.05, 0) is 35.0 Å². The molecule has 0 unspecified atom stereocenters. The van der Waals surface area contributed by atoms with Crippen molar-refractivity contribution < 1.29 is 22.6 Å². The smallest absolute Gasteiger partial charge is 0.422 e. The molecule has 3 nitrogen and oxygen atoms in total. The molecule has 0 spiro atoms. The van der Waals surface area contributed by atoms with E-state index in [1.54, 1.807) is 30.3 Å². The van der Waals surface area contributed by atoms with Gasteiger partial charge in [0.05, 0.1) is 0 Å². The Balaban J connectivity index is 2.14.